The molecule has 1 unspecified atom stereocenters. The van der Waals surface area contributed by atoms with Crippen molar-refractivity contribution in [2.45, 2.75) is 155 Å². The summed E-state index contributed by atoms with van der Waals surface area (Å²) < 4.78 is 5.72. The normalized spacial score (nSPS) is 12.3. The fraction of sp³-hybridized carbons (Fsp3) is 0.857. The SMILES string of the molecule is CCC/C=C\C(CCCCCCC(=O)O)OC(=O)CCCCCCCCCCCCCC. The van der Waals surface area contributed by atoms with Gasteiger partial charge in [0.05, 0.1) is 0 Å². The van der Waals surface area contributed by atoms with Crippen molar-refractivity contribution < 1.29 is 19.4 Å². The summed E-state index contributed by atoms with van der Waals surface area (Å²) in [5, 5.41) is 8.70. The first-order chi connectivity index (χ1) is 15.6. The number of aliphatic carboxylic acids is 1. The number of unbranched alkanes of at least 4 members (excludes halogenated alkanes) is 15. The van der Waals surface area contributed by atoms with Crippen molar-refractivity contribution in [2.75, 3.05) is 0 Å². The van der Waals surface area contributed by atoms with Gasteiger partial charge in [0.2, 0.25) is 0 Å². The molecule has 4 nitrogen and oxygen atoms in total. The maximum atomic E-state index is 12.3. The Hall–Kier alpha value is -1.32. The first kappa shape index (κ1) is 30.7. The highest BCUT2D eigenvalue weighted by atomic mass is 16.5. The Kier molecular flexibility index (Phi) is 23.3. The third-order valence-corrected chi connectivity index (χ3v) is 5.95. The molecule has 0 spiro atoms. The fourth-order valence-corrected chi connectivity index (χ4v) is 3.92. The number of hydrogen-bond donors (Lipinski definition) is 1. The van der Waals surface area contributed by atoms with Crippen LogP contribution in [0.15, 0.2) is 12.2 Å². The predicted octanol–water partition coefficient (Wildman–Crippen LogP) is 8.77. The van der Waals surface area contributed by atoms with Crippen LogP contribution in [0.2, 0.25) is 0 Å². The van der Waals surface area contributed by atoms with Crippen LogP contribution in [0.3, 0.4) is 0 Å². The lowest BCUT2D eigenvalue weighted by Crippen LogP contribution is -2.16. The van der Waals surface area contributed by atoms with Crippen LogP contribution in [-0.4, -0.2) is 23.1 Å². The molecule has 0 fully saturated rings. The van der Waals surface area contributed by atoms with Gasteiger partial charge in [-0.05, 0) is 38.2 Å². The third kappa shape index (κ3) is 23.3. The number of carboxylic acids is 1. The number of carbonyl (C=O) groups is 2. The predicted molar refractivity (Wildman–Crippen MR) is 135 cm³/mol. The Bertz CT molecular complexity index is 458. The Balaban J connectivity index is 3.81. The van der Waals surface area contributed by atoms with E-state index in [0.717, 1.165) is 57.8 Å². The summed E-state index contributed by atoms with van der Waals surface area (Å²) in [4.78, 5) is 22.8. The van der Waals surface area contributed by atoms with E-state index in [9.17, 15) is 9.59 Å². The van der Waals surface area contributed by atoms with Crippen molar-refractivity contribution in [2.24, 2.45) is 0 Å². The molecule has 0 rings (SSSR count). The lowest BCUT2D eigenvalue weighted by atomic mass is 10.0. The molecule has 4 heteroatoms. The van der Waals surface area contributed by atoms with Gasteiger partial charge < -0.3 is 9.84 Å². The van der Waals surface area contributed by atoms with Gasteiger partial charge in [0, 0.05) is 12.8 Å². The van der Waals surface area contributed by atoms with Gasteiger partial charge in [-0.3, -0.25) is 9.59 Å². The highest BCUT2D eigenvalue weighted by Crippen LogP contribution is 2.15. The molecule has 0 aromatic heterocycles. The molecule has 0 amide bonds. The Labute approximate surface area is 198 Å². The minimum Gasteiger partial charge on any atom is -0.481 e. The maximum absolute atomic E-state index is 12.3. The van der Waals surface area contributed by atoms with Gasteiger partial charge in [0.15, 0.2) is 0 Å². The first-order valence-corrected chi connectivity index (χ1v) is 13.7. The van der Waals surface area contributed by atoms with Crippen LogP contribution in [0, 0.1) is 0 Å². The quantitative estimate of drug-likeness (QED) is 0.0902. The molecule has 32 heavy (non-hydrogen) atoms. The highest BCUT2D eigenvalue weighted by molar-refractivity contribution is 5.69. The maximum Gasteiger partial charge on any atom is 0.306 e. The number of hydrogen-bond acceptors (Lipinski definition) is 3. The van der Waals surface area contributed by atoms with Gasteiger partial charge in [-0.15, -0.1) is 0 Å². The second-order valence-electron chi connectivity index (χ2n) is 9.23. The van der Waals surface area contributed by atoms with Gasteiger partial charge in [0.25, 0.3) is 0 Å². The van der Waals surface area contributed by atoms with Crippen LogP contribution in [0.5, 0.6) is 0 Å². The van der Waals surface area contributed by atoms with E-state index in [1.54, 1.807) is 0 Å². The molecular formula is C28H52O4. The van der Waals surface area contributed by atoms with Crippen molar-refractivity contribution in [1.82, 2.24) is 0 Å². The number of rotatable bonds is 24. The highest BCUT2D eigenvalue weighted by Gasteiger charge is 2.11. The zero-order chi connectivity index (χ0) is 23.7. The number of allylic oxidation sites excluding steroid dienone is 1. The van der Waals surface area contributed by atoms with Gasteiger partial charge in [-0.2, -0.15) is 0 Å². The van der Waals surface area contributed by atoms with Gasteiger partial charge in [0.1, 0.15) is 6.10 Å². The van der Waals surface area contributed by atoms with Crippen molar-refractivity contribution in [3.05, 3.63) is 12.2 Å². The van der Waals surface area contributed by atoms with E-state index in [1.807, 2.05) is 6.08 Å². The van der Waals surface area contributed by atoms with Crippen LogP contribution >= 0.6 is 0 Å². The Morgan fingerprint density at radius 1 is 0.688 bits per heavy atom. The van der Waals surface area contributed by atoms with E-state index in [2.05, 4.69) is 19.9 Å². The Morgan fingerprint density at radius 3 is 1.72 bits per heavy atom. The summed E-state index contributed by atoms with van der Waals surface area (Å²) in [6.07, 6.45) is 26.8. The molecule has 0 saturated carbocycles. The number of carbonyl (C=O) groups excluding carboxylic acids is 1. The van der Waals surface area contributed by atoms with Crippen molar-refractivity contribution >= 4 is 11.9 Å². The van der Waals surface area contributed by atoms with Gasteiger partial charge in [-0.1, -0.05) is 110 Å². The molecular weight excluding hydrogens is 400 g/mol. The molecule has 1 N–H and O–H groups in total. The second kappa shape index (κ2) is 24.3. The zero-order valence-corrected chi connectivity index (χ0v) is 21.3. The fourth-order valence-electron chi connectivity index (χ4n) is 3.92. The largest absolute Gasteiger partial charge is 0.481 e. The number of esters is 1. The molecule has 0 bridgehead atoms. The van der Waals surface area contributed by atoms with E-state index >= 15 is 0 Å². The van der Waals surface area contributed by atoms with Crippen molar-refractivity contribution in [1.29, 1.82) is 0 Å². The summed E-state index contributed by atoms with van der Waals surface area (Å²) in [6.45, 7) is 4.40. The third-order valence-electron chi connectivity index (χ3n) is 5.95. The van der Waals surface area contributed by atoms with Gasteiger partial charge >= 0.3 is 11.9 Å². The molecule has 0 aromatic rings. The van der Waals surface area contributed by atoms with Crippen LogP contribution in [0.4, 0.5) is 0 Å². The summed E-state index contributed by atoms with van der Waals surface area (Å²) in [5.41, 5.74) is 0. The van der Waals surface area contributed by atoms with Crippen molar-refractivity contribution in [3.63, 3.8) is 0 Å². The van der Waals surface area contributed by atoms with Crippen LogP contribution in [0.1, 0.15) is 149 Å². The average Bonchev–Trinajstić information content (AvgIpc) is 2.76. The molecule has 0 saturated heterocycles. The molecule has 0 heterocycles. The second-order valence-corrected chi connectivity index (χ2v) is 9.23. The summed E-state index contributed by atoms with van der Waals surface area (Å²) in [7, 11) is 0. The zero-order valence-electron chi connectivity index (χ0n) is 21.3. The number of ether oxygens (including phenoxy) is 1. The smallest absolute Gasteiger partial charge is 0.306 e. The van der Waals surface area contributed by atoms with E-state index in [0.29, 0.717) is 6.42 Å². The van der Waals surface area contributed by atoms with E-state index in [4.69, 9.17) is 9.84 Å². The minimum atomic E-state index is -0.725. The minimum absolute atomic E-state index is 0.0749. The molecule has 0 aliphatic heterocycles. The molecule has 1 atom stereocenters. The summed E-state index contributed by atoms with van der Waals surface area (Å²) >= 11 is 0. The lowest BCUT2D eigenvalue weighted by Gasteiger charge is -2.14. The molecule has 0 aromatic carbocycles. The summed E-state index contributed by atoms with van der Waals surface area (Å²) in [5.74, 6) is -0.800. The van der Waals surface area contributed by atoms with Crippen molar-refractivity contribution in [3.8, 4) is 0 Å². The number of carboxylic acid groups (broad SMARTS) is 1. The molecule has 0 radical (unpaired) electrons. The topological polar surface area (TPSA) is 63.6 Å². The van der Waals surface area contributed by atoms with E-state index < -0.39 is 5.97 Å². The molecule has 0 aliphatic carbocycles. The Morgan fingerprint density at radius 2 is 1.19 bits per heavy atom. The standard InChI is InChI=1S/C28H52O4/c1-3-5-7-8-9-10-11-12-13-14-15-21-25-28(31)32-26(22-18-6-4-2)23-19-16-17-20-24-27(29)30/h18,22,26H,3-17,19-21,23-25H2,1-2H3,(H,29,30)/b22-18-. The van der Waals surface area contributed by atoms with Crippen LogP contribution < -0.4 is 0 Å². The average molecular weight is 453 g/mol. The summed E-state index contributed by atoms with van der Waals surface area (Å²) in [6, 6.07) is 0. The van der Waals surface area contributed by atoms with E-state index in [-0.39, 0.29) is 18.5 Å². The monoisotopic (exact) mass is 452 g/mol. The first-order valence-electron chi connectivity index (χ1n) is 13.7. The lowest BCUT2D eigenvalue weighted by molar-refractivity contribution is -0.147. The van der Waals surface area contributed by atoms with Crippen LogP contribution in [-0.2, 0) is 14.3 Å². The molecule has 188 valence electrons. The van der Waals surface area contributed by atoms with E-state index in [1.165, 1.54) is 64.2 Å². The van der Waals surface area contributed by atoms with Crippen LogP contribution in [0.25, 0.3) is 0 Å². The molecule has 0 aliphatic rings. The van der Waals surface area contributed by atoms with Gasteiger partial charge in [-0.25, -0.2) is 0 Å².